The van der Waals surface area contributed by atoms with Crippen LogP contribution in [0.1, 0.15) is 5.56 Å². The van der Waals surface area contributed by atoms with Crippen molar-refractivity contribution in [1.29, 1.82) is 0 Å². The van der Waals surface area contributed by atoms with Gasteiger partial charge in [-0.1, -0.05) is 18.2 Å². The highest BCUT2D eigenvalue weighted by molar-refractivity contribution is 5.85. The molecule has 0 saturated heterocycles. The van der Waals surface area contributed by atoms with E-state index in [1.165, 1.54) is 6.07 Å². The Labute approximate surface area is 93.9 Å². The molecule has 1 aromatic carbocycles. The SMILES string of the molecule is CN(CC(=O)O)Cc1ccccc1F.Cl. The molecule has 1 N–H and O–H groups in total. The molecule has 0 spiro atoms. The van der Waals surface area contributed by atoms with Crippen molar-refractivity contribution in [2.75, 3.05) is 13.6 Å². The maximum atomic E-state index is 13.1. The number of carboxylic acids is 1. The number of carboxylic acid groups (broad SMARTS) is 1. The molecule has 0 aliphatic rings. The number of benzene rings is 1. The predicted molar refractivity (Wildman–Crippen MR) is 57.6 cm³/mol. The van der Waals surface area contributed by atoms with Crippen molar-refractivity contribution >= 4 is 18.4 Å². The van der Waals surface area contributed by atoms with E-state index in [1.54, 1.807) is 30.1 Å². The molecule has 0 fully saturated rings. The second-order valence-electron chi connectivity index (χ2n) is 3.16. The van der Waals surface area contributed by atoms with Gasteiger partial charge in [-0.3, -0.25) is 9.69 Å². The molecular formula is C10H13ClFNO2. The van der Waals surface area contributed by atoms with Crippen LogP contribution in [0.15, 0.2) is 24.3 Å². The lowest BCUT2D eigenvalue weighted by atomic mass is 10.2. The Hall–Kier alpha value is -1.13. The largest absolute Gasteiger partial charge is 0.480 e. The van der Waals surface area contributed by atoms with E-state index in [2.05, 4.69) is 0 Å². The van der Waals surface area contributed by atoms with Crippen LogP contribution in [0.2, 0.25) is 0 Å². The van der Waals surface area contributed by atoms with Gasteiger partial charge in [0.05, 0.1) is 6.54 Å². The molecule has 0 amide bonds. The van der Waals surface area contributed by atoms with Crippen LogP contribution in [0.3, 0.4) is 0 Å². The van der Waals surface area contributed by atoms with Gasteiger partial charge in [-0.25, -0.2) is 4.39 Å². The van der Waals surface area contributed by atoms with Gasteiger partial charge in [0.1, 0.15) is 5.82 Å². The topological polar surface area (TPSA) is 40.5 Å². The van der Waals surface area contributed by atoms with Crippen LogP contribution in [-0.2, 0) is 11.3 Å². The van der Waals surface area contributed by atoms with Gasteiger partial charge in [-0.2, -0.15) is 0 Å². The van der Waals surface area contributed by atoms with E-state index in [0.29, 0.717) is 12.1 Å². The van der Waals surface area contributed by atoms with Crippen molar-refractivity contribution in [2.45, 2.75) is 6.54 Å². The first-order valence-corrected chi connectivity index (χ1v) is 4.23. The summed E-state index contributed by atoms with van der Waals surface area (Å²) >= 11 is 0. The zero-order valence-corrected chi connectivity index (χ0v) is 9.13. The molecule has 5 heteroatoms. The summed E-state index contributed by atoms with van der Waals surface area (Å²) in [6.45, 7) is 0.216. The minimum Gasteiger partial charge on any atom is -0.480 e. The van der Waals surface area contributed by atoms with Crippen molar-refractivity contribution in [3.8, 4) is 0 Å². The number of hydrogen-bond donors (Lipinski definition) is 1. The van der Waals surface area contributed by atoms with Gasteiger partial charge in [0.25, 0.3) is 0 Å². The van der Waals surface area contributed by atoms with Crippen LogP contribution in [0, 0.1) is 5.82 Å². The standard InChI is InChI=1S/C10H12FNO2.ClH/c1-12(7-10(13)14)6-8-4-2-3-5-9(8)11;/h2-5H,6-7H2,1H3,(H,13,14);1H. The van der Waals surface area contributed by atoms with Crippen LogP contribution in [0.4, 0.5) is 4.39 Å². The molecule has 15 heavy (non-hydrogen) atoms. The van der Waals surface area contributed by atoms with Crippen LogP contribution >= 0.6 is 12.4 Å². The first kappa shape index (κ1) is 13.9. The number of carbonyl (C=O) groups is 1. The second-order valence-corrected chi connectivity index (χ2v) is 3.16. The zero-order chi connectivity index (χ0) is 10.6. The monoisotopic (exact) mass is 233 g/mol. The molecule has 84 valence electrons. The van der Waals surface area contributed by atoms with Crippen molar-refractivity contribution in [1.82, 2.24) is 4.90 Å². The first-order chi connectivity index (χ1) is 6.59. The van der Waals surface area contributed by atoms with Gasteiger partial charge in [0.2, 0.25) is 0 Å². The molecule has 0 unspecified atom stereocenters. The van der Waals surface area contributed by atoms with E-state index in [1.807, 2.05) is 0 Å². The lowest BCUT2D eigenvalue weighted by Crippen LogP contribution is -2.25. The highest BCUT2D eigenvalue weighted by Crippen LogP contribution is 2.08. The maximum absolute atomic E-state index is 13.1. The van der Waals surface area contributed by atoms with E-state index in [0.717, 1.165) is 0 Å². The summed E-state index contributed by atoms with van der Waals surface area (Å²) in [5.41, 5.74) is 0.510. The molecular weight excluding hydrogens is 221 g/mol. The molecule has 0 aromatic heterocycles. The Morgan fingerprint density at radius 2 is 2.07 bits per heavy atom. The van der Waals surface area contributed by atoms with Crippen molar-refractivity contribution in [2.24, 2.45) is 0 Å². The van der Waals surface area contributed by atoms with Crippen molar-refractivity contribution in [3.05, 3.63) is 35.6 Å². The first-order valence-electron chi connectivity index (χ1n) is 4.23. The predicted octanol–water partition coefficient (Wildman–Crippen LogP) is 1.76. The number of nitrogens with zero attached hydrogens (tertiary/aromatic N) is 1. The molecule has 0 heterocycles. The summed E-state index contributed by atoms with van der Waals surface area (Å²) in [6.07, 6.45) is 0. The Balaban J connectivity index is 0.00000196. The number of hydrogen-bond acceptors (Lipinski definition) is 2. The fourth-order valence-corrected chi connectivity index (χ4v) is 1.20. The van der Waals surface area contributed by atoms with Crippen LogP contribution < -0.4 is 0 Å². The molecule has 0 bridgehead atoms. The third-order valence-corrected chi connectivity index (χ3v) is 1.80. The highest BCUT2D eigenvalue weighted by atomic mass is 35.5. The van der Waals surface area contributed by atoms with E-state index < -0.39 is 5.97 Å². The molecule has 0 atom stereocenters. The normalized spacial score (nSPS) is 9.80. The molecule has 3 nitrogen and oxygen atoms in total. The third kappa shape index (κ3) is 4.76. The summed E-state index contributed by atoms with van der Waals surface area (Å²) in [5, 5.41) is 8.50. The molecule has 0 radical (unpaired) electrons. The minimum absolute atomic E-state index is 0. The van der Waals surface area contributed by atoms with Crippen LogP contribution in [0.5, 0.6) is 0 Å². The number of aliphatic carboxylic acids is 1. The Morgan fingerprint density at radius 3 is 2.60 bits per heavy atom. The zero-order valence-electron chi connectivity index (χ0n) is 8.31. The van der Waals surface area contributed by atoms with Crippen LogP contribution in [-0.4, -0.2) is 29.6 Å². The van der Waals surface area contributed by atoms with Gasteiger partial charge in [0, 0.05) is 12.1 Å². The van der Waals surface area contributed by atoms with E-state index in [4.69, 9.17) is 5.11 Å². The minimum atomic E-state index is -0.913. The van der Waals surface area contributed by atoms with Crippen molar-refractivity contribution in [3.63, 3.8) is 0 Å². The quantitative estimate of drug-likeness (QED) is 0.862. The lowest BCUT2D eigenvalue weighted by molar-refractivity contribution is -0.138. The fourth-order valence-electron chi connectivity index (χ4n) is 1.20. The van der Waals surface area contributed by atoms with Gasteiger partial charge in [-0.05, 0) is 13.1 Å². The summed E-state index contributed by atoms with van der Waals surface area (Å²) in [7, 11) is 1.64. The smallest absolute Gasteiger partial charge is 0.317 e. The number of rotatable bonds is 4. The number of likely N-dealkylation sites (N-methyl/N-ethyl adjacent to an activating group) is 1. The average molecular weight is 234 g/mol. The van der Waals surface area contributed by atoms with E-state index in [9.17, 15) is 9.18 Å². The van der Waals surface area contributed by atoms with Crippen LogP contribution in [0.25, 0.3) is 0 Å². The van der Waals surface area contributed by atoms with Gasteiger partial charge in [-0.15, -0.1) is 12.4 Å². The van der Waals surface area contributed by atoms with E-state index >= 15 is 0 Å². The Bertz CT molecular complexity index is 333. The Morgan fingerprint density at radius 1 is 1.47 bits per heavy atom. The highest BCUT2D eigenvalue weighted by Gasteiger charge is 2.07. The third-order valence-electron chi connectivity index (χ3n) is 1.80. The van der Waals surface area contributed by atoms with Gasteiger partial charge in [0.15, 0.2) is 0 Å². The van der Waals surface area contributed by atoms with Gasteiger partial charge < -0.3 is 5.11 Å². The van der Waals surface area contributed by atoms with E-state index in [-0.39, 0.29) is 24.8 Å². The molecule has 0 aliphatic heterocycles. The maximum Gasteiger partial charge on any atom is 0.317 e. The summed E-state index contributed by atoms with van der Waals surface area (Å²) in [4.78, 5) is 11.9. The second kappa shape index (κ2) is 6.37. The summed E-state index contributed by atoms with van der Waals surface area (Å²) in [6, 6.07) is 6.35. The van der Waals surface area contributed by atoms with Gasteiger partial charge >= 0.3 is 5.97 Å². The Kier molecular flexibility index (Phi) is 5.89. The lowest BCUT2D eigenvalue weighted by Gasteiger charge is -2.13. The molecule has 0 aliphatic carbocycles. The summed E-state index contributed by atoms with van der Waals surface area (Å²) in [5.74, 6) is -1.21. The average Bonchev–Trinajstić information content (AvgIpc) is 2.07. The fraction of sp³-hybridized carbons (Fsp3) is 0.300. The number of halogens is 2. The molecule has 1 aromatic rings. The summed E-state index contributed by atoms with van der Waals surface area (Å²) < 4.78 is 13.1. The van der Waals surface area contributed by atoms with Crippen molar-refractivity contribution < 1.29 is 14.3 Å². The molecule has 0 saturated carbocycles. The molecule has 1 rings (SSSR count).